The molecule has 2 amide bonds. The molecular formula is C22H21FN6O4. The Morgan fingerprint density at radius 3 is 2.55 bits per heavy atom. The summed E-state index contributed by atoms with van der Waals surface area (Å²) < 4.78 is 20.2. The van der Waals surface area contributed by atoms with Crippen LogP contribution in [0.5, 0.6) is 0 Å². The predicted molar refractivity (Wildman–Crippen MR) is 114 cm³/mol. The molecule has 2 heterocycles. The molecule has 0 unspecified atom stereocenters. The largest absolute Gasteiger partial charge is 0.425 e. The first-order chi connectivity index (χ1) is 15.5. The van der Waals surface area contributed by atoms with Gasteiger partial charge in [0.1, 0.15) is 23.1 Å². The zero-order chi connectivity index (χ0) is 24.5. The maximum absolute atomic E-state index is 13.6. The van der Waals surface area contributed by atoms with Crippen molar-refractivity contribution in [2.45, 2.75) is 33.2 Å². The van der Waals surface area contributed by atoms with E-state index in [9.17, 15) is 18.8 Å². The smallest absolute Gasteiger partial charge is 0.293 e. The fraction of sp³-hybridized carbons (Fsp3) is 0.273. The first kappa shape index (κ1) is 23.3. The van der Waals surface area contributed by atoms with Crippen LogP contribution in [0.2, 0.25) is 0 Å². The van der Waals surface area contributed by atoms with Crippen molar-refractivity contribution < 1.29 is 23.2 Å². The van der Waals surface area contributed by atoms with Gasteiger partial charge in [-0.15, -0.1) is 10.2 Å². The number of carbonyl (C=O) groups is 3. The lowest BCUT2D eigenvalue weighted by molar-refractivity contribution is -0.118. The maximum Gasteiger partial charge on any atom is 0.293 e. The second-order valence-corrected chi connectivity index (χ2v) is 7.91. The highest BCUT2D eigenvalue weighted by Gasteiger charge is 2.34. The summed E-state index contributed by atoms with van der Waals surface area (Å²) in [5.74, 6) is -2.90. The molecule has 0 atom stereocenters. The Balaban J connectivity index is 1.88. The number of ketones is 1. The lowest BCUT2D eigenvalue weighted by Crippen LogP contribution is -2.44. The summed E-state index contributed by atoms with van der Waals surface area (Å²) >= 11 is 0. The quantitative estimate of drug-likeness (QED) is 0.432. The van der Waals surface area contributed by atoms with Crippen molar-refractivity contribution in [1.29, 1.82) is 5.26 Å². The van der Waals surface area contributed by atoms with Gasteiger partial charge >= 0.3 is 0 Å². The summed E-state index contributed by atoms with van der Waals surface area (Å²) in [6.45, 7) is 6.37. The van der Waals surface area contributed by atoms with Crippen molar-refractivity contribution in [3.05, 3.63) is 64.4 Å². The summed E-state index contributed by atoms with van der Waals surface area (Å²) in [5, 5.41) is 21.5. The molecule has 2 aromatic heterocycles. The van der Waals surface area contributed by atoms with Gasteiger partial charge in [0.05, 0.1) is 11.1 Å². The molecule has 0 aliphatic carbocycles. The average Bonchev–Trinajstić information content (AvgIpc) is 3.37. The lowest BCUT2D eigenvalue weighted by Gasteiger charge is -2.21. The van der Waals surface area contributed by atoms with Crippen molar-refractivity contribution in [1.82, 2.24) is 20.1 Å². The first-order valence-corrected chi connectivity index (χ1v) is 9.78. The Labute approximate surface area is 188 Å². The second kappa shape index (κ2) is 8.66. The molecule has 0 aliphatic rings. The van der Waals surface area contributed by atoms with Gasteiger partial charge in [0.15, 0.2) is 0 Å². The third-order valence-electron chi connectivity index (χ3n) is 5.24. The van der Waals surface area contributed by atoms with Gasteiger partial charge in [-0.25, -0.2) is 4.39 Å². The third-order valence-corrected chi connectivity index (χ3v) is 5.24. The van der Waals surface area contributed by atoms with E-state index in [1.807, 2.05) is 0 Å². The number of halogens is 1. The minimum Gasteiger partial charge on any atom is -0.425 e. The van der Waals surface area contributed by atoms with Gasteiger partial charge in [0.2, 0.25) is 12.3 Å². The van der Waals surface area contributed by atoms with Crippen molar-refractivity contribution in [2.24, 2.45) is 7.05 Å². The zero-order valence-corrected chi connectivity index (χ0v) is 18.6. The number of nitrogens with one attached hydrogen (secondary N) is 2. The van der Waals surface area contributed by atoms with Crippen molar-refractivity contribution in [2.75, 3.05) is 5.32 Å². The van der Waals surface area contributed by atoms with Crippen LogP contribution in [-0.2, 0) is 17.4 Å². The molecule has 10 nitrogen and oxygen atoms in total. The van der Waals surface area contributed by atoms with E-state index < -0.39 is 29.0 Å². The fourth-order valence-electron chi connectivity index (χ4n) is 3.47. The lowest BCUT2D eigenvalue weighted by atomic mass is 10.0. The second-order valence-electron chi connectivity index (χ2n) is 7.91. The van der Waals surface area contributed by atoms with Gasteiger partial charge in [-0.3, -0.25) is 14.4 Å². The van der Waals surface area contributed by atoms with Gasteiger partial charge in [-0.1, -0.05) is 0 Å². The van der Waals surface area contributed by atoms with Crippen LogP contribution in [0.15, 0.2) is 29.0 Å². The number of amides is 2. The molecule has 0 spiro atoms. The van der Waals surface area contributed by atoms with Crippen molar-refractivity contribution in [3.8, 4) is 6.07 Å². The number of benzene rings is 1. The molecular weight excluding hydrogens is 431 g/mol. The Bertz CT molecular complexity index is 1300. The van der Waals surface area contributed by atoms with E-state index in [2.05, 4.69) is 20.8 Å². The molecule has 0 aliphatic heterocycles. The maximum atomic E-state index is 13.6. The zero-order valence-electron chi connectivity index (χ0n) is 18.6. The fourth-order valence-corrected chi connectivity index (χ4v) is 3.47. The highest BCUT2D eigenvalue weighted by Crippen LogP contribution is 2.24. The van der Waals surface area contributed by atoms with E-state index in [1.54, 1.807) is 40.8 Å². The van der Waals surface area contributed by atoms with Crippen LogP contribution >= 0.6 is 0 Å². The summed E-state index contributed by atoms with van der Waals surface area (Å²) in [6.07, 6.45) is 1.11. The van der Waals surface area contributed by atoms with E-state index in [0.29, 0.717) is 11.3 Å². The molecule has 2 N–H and O–H groups in total. The van der Waals surface area contributed by atoms with Crippen LogP contribution in [0.25, 0.3) is 0 Å². The molecule has 0 saturated heterocycles. The number of rotatable bonds is 6. The number of hydrogen-bond donors (Lipinski definition) is 2. The topological polar surface area (TPSA) is 143 Å². The van der Waals surface area contributed by atoms with Crippen LogP contribution in [-0.4, -0.2) is 32.4 Å². The van der Waals surface area contributed by atoms with E-state index in [0.717, 1.165) is 12.5 Å². The number of Topliss-reactive ketones (excluding diaryl/α,β-unsaturated/α-hetero) is 1. The minimum atomic E-state index is -1.10. The van der Waals surface area contributed by atoms with Crippen LogP contribution in [0.3, 0.4) is 0 Å². The SMILES string of the molecule is Cc1c(C(=O)C(=O)NC(C)(C)c2nnco2)c(C)n(C)c1C(=O)Nc1ccc(F)c(C#N)c1. The van der Waals surface area contributed by atoms with Crippen molar-refractivity contribution in [3.63, 3.8) is 0 Å². The molecule has 3 aromatic rings. The molecule has 0 bridgehead atoms. The van der Waals surface area contributed by atoms with Crippen LogP contribution in [0.4, 0.5) is 10.1 Å². The van der Waals surface area contributed by atoms with Crippen LogP contribution in [0.1, 0.15) is 57.4 Å². The number of anilines is 1. The summed E-state index contributed by atoms with van der Waals surface area (Å²) in [6, 6.07) is 5.30. The Morgan fingerprint density at radius 1 is 1.24 bits per heavy atom. The van der Waals surface area contributed by atoms with E-state index in [4.69, 9.17) is 9.68 Å². The van der Waals surface area contributed by atoms with E-state index >= 15 is 0 Å². The first-order valence-electron chi connectivity index (χ1n) is 9.78. The Hall–Kier alpha value is -4.33. The number of aromatic nitrogens is 3. The van der Waals surface area contributed by atoms with Gasteiger partial charge in [-0.05, 0) is 51.5 Å². The summed E-state index contributed by atoms with van der Waals surface area (Å²) in [4.78, 5) is 38.7. The molecule has 0 fully saturated rings. The number of hydrogen-bond acceptors (Lipinski definition) is 7. The summed E-state index contributed by atoms with van der Waals surface area (Å²) in [7, 11) is 1.58. The van der Waals surface area contributed by atoms with Crippen LogP contribution in [0, 0.1) is 31.0 Å². The molecule has 11 heteroatoms. The van der Waals surface area contributed by atoms with E-state index in [-0.39, 0.29) is 28.4 Å². The molecule has 170 valence electrons. The Kier molecular flexibility index (Phi) is 6.12. The van der Waals surface area contributed by atoms with Gasteiger partial charge < -0.3 is 19.6 Å². The van der Waals surface area contributed by atoms with Gasteiger partial charge in [0, 0.05) is 18.4 Å². The van der Waals surface area contributed by atoms with Crippen molar-refractivity contribution >= 4 is 23.3 Å². The van der Waals surface area contributed by atoms with Gasteiger partial charge in [0.25, 0.3) is 17.6 Å². The highest BCUT2D eigenvalue weighted by atomic mass is 19.1. The van der Waals surface area contributed by atoms with Crippen LogP contribution < -0.4 is 10.6 Å². The number of carbonyl (C=O) groups excluding carboxylic acids is 3. The monoisotopic (exact) mass is 452 g/mol. The molecule has 0 saturated carbocycles. The average molecular weight is 452 g/mol. The molecule has 33 heavy (non-hydrogen) atoms. The predicted octanol–water partition coefficient (Wildman–Crippen LogP) is 2.52. The third kappa shape index (κ3) is 4.36. The Morgan fingerprint density at radius 2 is 1.94 bits per heavy atom. The van der Waals surface area contributed by atoms with E-state index in [1.165, 1.54) is 16.7 Å². The standard InChI is InChI=1S/C22H21FN6O4/c1-11-16(18(30)20(32)27-22(3,4)21-28-25-10-33-21)12(2)29(5)17(11)19(31)26-14-6-7-15(23)13(8-14)9-24/h6-8,10H,1-5H3,(H,26,31)(H,27,32). The minimum absolute atomic E-state index is 0.0818. The molecule has 0 radical (unpaired) electrons. The summed E-state index contributed by atoms with van der Waals surface area (Å²) in [5.41, 5.74) is -0.176. The number of nitriles is 1. The molecule has 3 rings (SSSR count). The molecule has 1 aromatic carbocycles. The number of nitrogens with zero attached hydrogens (tertiary/aromatic N) is 4. The van der Waals surface area contributed by atoms with Gasteiger partial charge in [-0.2, -0.15) is 5.26 Å². The highest BCUT2D eigenvalue weighted by molar-refractivity contribution is 6.43. The normalized spacial score (nSPS) is 11.1.